The van der Waals surface area contributed by atoms with Gasteiger partial charge >= 0.3 is 0 Å². The Morgan fingerprint density at radius 2 is 2.04 bits per heavy atom. The van der Waals surface area contributed by atoms with Gasteiger partial charge in [-0.25, -0.2) is 0 Å². The highest BCUT2D eigenvalue weighted by molar-refractivity contribution is 7.99. The molecular weight excluding hydrogens is 396 g/mol. The minimum atomic E-state index is 0.0454. The van der Waals surface area contributed by atoms with E-state index in [0.29, 0.717) is 40.1 Å². The normalized spacial score (nSPS) is 14.6. The number of rotatable bonds is 9. The van der Waals surface area contributed by atoms with Crippen LogP contribution < -0.4 is 10.1 Å². The van der Waals surface area contributed by atoms with Gasteiger partial charge in [-0.15, -0.1) is 16.8 Å². The zero-order valence-corrected chi connectivity index (χ0v) is 17.3. The molecule has 1 aromatic carbocycles. The number of nitrogens with zero attached hydrogens (tertiary/aromatic N) is 3. The van der Waals surface area contributed by atoms with Gasteiger partial charge in [-0.3, -0.25) is 9.36 Å². The SMILES string of the molecule is C=CCn1c(COc2ccc(Cl)cc2)nnc1SCC(=O)NC1CCCCC1. The van der Waals surface area contributed by atoms with Crippen LogP contribution in [0.25, 0.3) is 0 Å². The van der Waals surface area contributed by atoms with E-state index in [4.69, 9.17) is 16.3 Å². The highest BCUT2D eigenvalue weighted by atomic mass is 35.5. The number of ether oxygens (including phenoxy) is 1. The Kier molecular flexibility index (Phi) is 7.80. The summed E-state index contributed by atoms with van der Waals surface area (Å²) in [5.74, 6) is 1.76. The summed E-state index contributed by atoms with van der Waals surface area (Å²) in [6, 6.07) is 7.48. The molecule has 0 saturated heterocycles. The van der Waals surface area contributed by atoms with E-state index in [1.807, 2.05) is 16.7 Å². The van der Waals surface area contributed by atoms with Gasteiger partial charge in [-0.05, 0) is 37.1 Å². The largest absolute Gasteiger partial charge is 0.486 e. The van der Waals surface area contributed by atoms with Gasteiger partial charge in [0.25, 0.3) is 0 Å². The summed E-state index contributed by atoms with van der Waals surface area (Å²) in [5.41, 5.74) is 0. The van der Waals surface area contributed by atoms with E-state index in [2.05, 4.69) is 22.1 Å². The number of amides is 1. The number of hydrogen-bond donors (Lipinski definition) is 1. The van der Waals surface area contributed by atoms with Crippen molar-refractivity contribution in [2.75, 3.05) is 5.75 Å². The highest BCUT2D eigenvalue weighted by Crippen LogP contribution is 2.21. The third-order valence-electron chi connectivity index (χ3n) is 4.59. The molecule has 6 nitrogen and oxygen atoms in total. The average Bonchev–Trinajstić information content (AvgIpc) is 3.09. The summed E-state index contributed by atoms with van der Waals surface area (Å²) >= 11 is 7.28. The molecule has 0 radical (unpaired) electrons. The van der Waals surface area contributed by atoms with Crippen molar-refractivity contribution in [3.8, 4) is 5.75 Å². The molecule has 0 spiro atoms. The van der Waals surface area contributed by atoms with Crippen molar-refractivity contribution in [3.05, 3.63) is 47.8 Å². The number of carbonyl (C=O) groups is 1. The minimum absolute atomic E-state index is 0.0454. The van der Waals surface area contributed by atoms with Crippen LogP contribution >= 0.6 is 23.4 Å². The summed E-state index contributed by atoms with van der Waals surface area (Å²) in [5, 5.41) is 12.9. The molecule has 0 atom stereocenters. The second kappa shape index (κ2) is 10.5. The van der Waals surface area contributed by atoms with Crippen molar-refractivity contribution in [2.24, 2.45) is 0 Å². The monoisotopic (exact) mass is 420 g/mol. The smallest absolute Gasteiger partial charge is 0.230 e. The molecule has 0 aliphatic heterocycles. The Morgan fingerprint density at radius 1 is 1.29 bits per heavy atom. The quantitative estimate of drug-likeness (QED) is 0.485. The summed E-state index contributed by atoms with van der Waals surface area (Å²) in [6.07, 6.45) is 7.60. The van der Waals surface area contributed by atoms with Crippen LogP contribution in [-0.2, 0) is 17.9 Å². The number of halogens is 1. The maximum atomic E-state index is 12.3. The molecule has 28 heavy (non-hydrogen) atoms. The van der Waals surface area contributed by atoms with Gasteiger partial charge in [-0.2, -0.15) is 0 Å². The maximum Gasteiger partial charge on any atom is 0.230 e. The number of benzene rings is 1. The first-order valence-corrected chi connectivity index (χ1v) is 10.9. The lowest BCUT2D eigenvalue weighted by Crippen LogP contribution is -2.37. The molecule has 8 heteroatoms. The van der Waals surface area contributed by atoms with Gasteiger partial charge in [0.15, 0.2) is 11.0 Å². The number of carbonyl (C=O) groups excluding carboxylic acids is 1. The van der Waals surface area contributed by atoms with Crippen LogP contribution in [0.5, 0.6) is 5.75 Å². The molecule has 1 N–H and O–H groups in total. The fraction of sp³-hybridized carbons (Fsp3) is 0.450. The van der Waals surface area contributed by atoms with Gasteiger partial charge in [0.1, 0.15) is 12.4 Å². The van der Waals surface area contributed by atoms with E-state index in [1.165, 1.54) is 31.0 Å². The Bertz CT molecular complexity index is 788. The van der Waals surface area contributed by atoms with E-state index in [1.54, 1.807) is 18.2 Å². The van der Waals surface area contributed by atoms with Gasteiger partial charge in [-0.1, -0.05) is 48.7 Å². The van der Waals surface area contributed by atoms with Gasteiger partial charge in [0, 0.05) is 17.6 Å². The fourth-order valence-electron chi connectivity index (χ4n) is 3.17. The van der Waals surface area contributed by atoms with E-state index < -0.39 is 0 Å². The van der Waals surface area contributed by atoms with Gasteiger partial charge in [0.2, 0.25) is 5.91 Å². The van der Waals surface area contributed by atoms with Gasteiger partial charge < -0.3 is 10.1 Å². The molecule has 1 fully saturated rings. The third kappa shape index (κ3) is 6.01. The number of aromatic nitrogens is 3. The number of allylic oxidation sites excluding steroid dienone is 1. The van der Waals surface area contributed by atoms with Crippen LogP contribution in [-0.4, -0.2) is 32.5 Å². The predicted octanol–water partition coefficient (Wildman–Crippen LogP) is 4.24. The Morgan fingerprint density at radius 3 is 2.75 bits per heavy atom. The van der Waals surface area contributed by atoms with Gasteiger partial charge in [0.05, 0.1) is 5.75 Å². The first-order valence-electron chi connectivity index (χ1n) is 9.49. The van der Waals surface area contributed by atoms with Crippen LogP contribution in [0.2, 0.25) is 5.02 Å². The standard InChI is InChI=1S/C20H25ClN4O2S/c1-2-12-25-18(13-27-17-10-8-15(21)9-11-17)23-24-20(25)28-14-19(26)22-16-6-4-3-5-7-16/h2,8-11,16H,1,3-7,12-14H2,(H,22,26). The summed E-state index contributed by atoms with van der Waals surface area (Å²) in [4.78, 5) is 12.3. The van der Waals surface area contributed by atoms with Crippen LogP contribution in [0.1, 0.15) is 37.9 Å². The average molecular weight is 421 g/mol. The third-order valence-corrected chi connectivity index (χ3v) is 5.81. The van der Waals surface area contributed by atoms with Crippen molar-refractivity contribution in [2.45, 2.75) is 56.5 Å². The topological polar surface area (TPSA) is 69.0 Å². The van der Waals surface area contributed by atoms with E-state index in [-0.39, 0.29) is 12.5 Å². The zero-order chi connectivity index (χ0) is 19.8. The molecule has 2 aromatic rings. The summed E-state index contributed by atoms with van der Waals surface area (Å²) in [6.45, 7) is 4.63. The molecule has 1 aromatic heterocycles. The molecule has 1 aliphatic rings. The van der Waals surface area contributed by atoms with Crippen LogP contribution in [0.4, 0.5) is 0 Å². The minimum Gasteiger partial charge on any atom is -0.486 e. The van der Waals surface area contributed by atoms with Crippen molar-refractivity contribution in [3.63, 3.8) is 0 Å². The molecule has 1 saturated carbocycles. The Labute approximate surface area is 174 Å². The highest BCUT2D eigenvalue weighted by Gasteiger charge is 2.18. The van der Waals surface area contributed by atoms with Crippen molar-refractivity contribution in [1.29, 1.82) is 0 Å². The molecule has 1 aliphatic carbocycles. The molecule has 1 heterocycles. The number of hydrogen-bond acceptors (Lipinski definition) is 5. The molecule has 150 valence electrons. The summed E-state index contributed by atoms with van der Waals surface area (Å²) < 4.78 is 7.69. The Hall–Kier alpha value is -1.99. The van der Waals surface area contributed by atoms with E-state index >= 15 is 0 Å². The predicted molar refractivity (Wildman–Crippen MR) is 112 cm³/mol. The first kappa shape index (κ1) is 20.7. The van der Waals surface area contributed by atoms with Crippen molar-refractivity contribution in [1.82, 2.24) is 20.1 Å². The molecule has 0 unspecified atom stereocenters. The van der Waals surface area contributed by atoms with Crippen molar-refractivity contribution < 1.29 is 9.53 Å². The summed E-state index contributed by atoms with van der Waals surface area (Å²) in [7, 11) is 0. The molecular formula is C20H25ClN4O2S. The van der Waals surface area contributed by atoms with E-state index in [0.717, 1.165) is 12.8 Å². The zero-order valence-electron chi connectivity index (χ0n) is 15.8. The number of thioether (sulfide) groups is 1. The second-order valence-corrected chi connectivity index (χ2v) is 8.11. The lowest BCUT2D eigenvalue weighted by molar-refractivity contribution is -0.119. The maximum absolute atomic E-state index is 12.3. The molecule has 3 rings (SSSR count). The molecule has 1 amide bonds. The van der Waals surface area contributed by atoms with Crippen LogP contribution in [0.15, 0.2) is 42.1 Å². The lowest BCUT2D eigenvalue weighted by Gasteiger charge is -2.22. The number of nitrogens with one attached hydrogen (secondary N) is 1. The van der Waals surface area contributed by atoms with Crippen molar-refractivity contribution >= 4 is 29.3 Å². The van der Waals surface area contributed by atoms with Crippen LogP contribution in [0.3, 0.4) is 0 Å². The molecule has 0 bridgehead atoms. The lowest BCUT2D eigenvalue weighted by atomic mass is 9.95. The van der Waals surface area contributed by atoms with E-state index in [9.17, 15) is 4.79 Å². The fourth-order valence-corrected chi connectivity index (χ4v) is 4.07. The Balaban J connectivity index is 1.55. The second-order valence-electron chi connectivity index (χ2n) is 6.73. The first-order chi connectivity index (χ1) is 13.7. The van der Waals surface area contributed by atoms with Crippen LogP contribution in [0, 0.1) is 0 Å².